The highest BCUT2D eigenvalue weighted by molar-refractivity contribution is 5.79. The number of aliphatic imine (C=N–C) groups is 1. The minimum atomic E-state index is 0.498. The molecule has 2 fully saturated rings. The van der Waals surface area contributed by atoms with Crippen LogP contribution in [0.15, 0.2) is 23.2 Å². The lowest BCUT2D eigenvalue weighted by atomic mass is 10.1. The lowest BCUT2D eigenvalue weighted by molar-refractivity contribution is 0.0372. The third kappa shape index (κ3) is 7.78. The number of unbranched alkanes of at least 4 members (excludes halogenated alkanes) is 1. The fourth-order valence-corrected chi connectivity index (χ4v) is 3.76. The lowest BCUT2D eigenvalue weighted by Gasteiger charge is -2.26. The number of morpholine rings is 1. The van der Waals surface area contributed by atoms with Crippen LogP contribution >= 0.6 is 0 Å². The zero-order chi connectivity index (χ0) is 21.0. The molecule has 3 rings (SSSR count). The Bertz CT molecular complexity index is 656. The summed E-state index contributed by atoms with van der Waals surface area (Å²) in [6.45, 7) is 11.1. The first-order valence-corrected chi connectivity index (χ1v) is 11.3. The Morgan fingerprint density at radius 1 is 1.17 bits per heavy atom. The van der Waals surface area contributed by atoms with Gasteiger partial charge in [-0.1, -0.05) is 12.1 Å². The first-order valence-electron chi connectivity index (χ1n) is 11.3. The normalized spacial score (nSPS) is 20.3. The maximum Gasteiger partial charge on any atom is 0.191 e. The zero-order valence-electron chi connectivity index (χ0n) is 18.6. The molecular weight excluding hydrogens is 380 g/mol. The van der Waals surface area contributed by atoms with Crippen LogP contribution in [0.3, 0.4) is 0 Å². The predicted octanol–water partition coefficient (Wildman–Crippen LogP) is 2.19. The van der Waals surface area contributed by atoms with E-state index in [9.17, 15) is 0 Å². The molecule has 2 saturated heterocycles. The molecule has 0 aromatic heterocycles. The summed E-state index contributed by atoms with van der Waals surface area (Å²) in [5, 5.41) is 6.84. The van der Waals surface area contributed by atoms with Crippen molar-refractivity contribution in [3.63, 3.8) is 0 Å². The molecule has 0 spiro atoms. The lowest BCUT2D eigenvalue weighted by Crippen LogP contribution is -2.38. The predicted molar refractivity (Wildman–Crippen MR) is 120 cm³/mol. The van der Waals surface area contributed by atoms with Crippen LogP contribution in [0.4, 0.5) is 0 Å². The van der Waals surface area contributed by atoms with Crippen molar-refractivity contribution in [2.45, 2.75) is 32.7 Å². The van der Waals surface area contributed by atoms with Gasteiger partial charge >= 0.3 is 0 Å². The maximum atomic E-state index is 6.14. The van der Waals surface area contributed by atoms with Gasteiger partial charge in [0.2, 0.25) is 0 Å². The first-order chi connectivity index (χ1) is 14.7. The number of ether oxygens (including phenoxy) is 3. The molecule has 30 heavy (non-hydrogen) atoms. The standard InChI is InChI=1S/C23H38N4O3/c1-19-5-6-21(22(15-19)30-18-20-7-12-29-17-20)16-26-23(24-2)25-8-3-4-9-27-10-13-28-14-11-27/h5-6,15,20H,3-4,7-14,16-18H2,1-2H3,(H2,24,25,26). The van der Waals surface area contributed by atoms with Gasteiger partial charge in [-0.15, -0.1) is 0 Å². The molecule has 168 valence electrons. The van der Waals surface area contributed by atoms with E-state index in [2.05, 4.69) is 45.6 Å². The molecule has 0 aliphatic carbocycles. The minimum Gasteiger partial charge on any atom is -0.493 e. The number of hydrogen-bond acceptors (Lipinski definition) is 5. The molecule has 1 aromatic carbocycles. The van der Waals surface area contributed by atoms with E-state index < -0.39 is 0 Å². The molecule has 2 N–H and O–H groups in total. The van der Waals surface area contributed by atoms with E-state index in [1.165, 1.54) is 12.0 Å². The monoisotopic (exact) mass is 418 g/mol. The molecule has 1 unspecified atom stereocenters. The van der Waals surface area contributed by atoms with Crippen LogP contribution in [0.2, 0.25) is 0 Å². The van der Waals surface area contributed by atoms with Crippen LogP contribution in [0.1, 0.15) is 30.4 Å². The van der Waals surface area contributed by atoms with Gasteiger partial charge in [0.05, 0.1) is 26.4 Å². The van der Waals surface area contributed by atoms with Crippen LogP contribution in [-0.4, -0.2) is 77.1 Å². The minimum absolute atomic E-state index is 0.498. The summed E-state index contributed by atoms with van der Waals surface area (Å²) >= 11 is 0. The summed E-state index contributed by atoms with van der Waals surface area (Å²) < 4.78 is 17.0. The molecule has 2 heterocycles. The van der Waals surface area contributed by atoms with E-state index in [1.807, 2.05) is 7.05 Å². The highest BCUT2D eigenvalue weighted by Gasteiger charge is 2.17. The summed E-state index contributed by atoms with van der Waals surface area (Å²) in [6.07, 6.45) is 3.40. The summed E-state index contributed by atoms with van der Waals surface area (Å²) in [5.41, 5.74) is 2.36. The number of hydrogen-bond donors (Lipinski definition) is 2. The highest BCUT2D eigenvalue weighted by atomic mass is 16.5. The van der Waals surface area contributed by atoms with Crippen molar-refractivity contribution in [1.82, 2.24) is 15.5 Å². The third-order valence-electron chi connectivity index (χ3n) is 5.69. The molecule has 0 radical (unpaired) electrons. The van der Waals surface area contributed by atoms with Crippen molar-refractivity contribution < 1.29 is 14.2 Å². The number of guanidine groups is 1. The second-order valence-electron chi connectivity index (χ2n) is 8.17. The molecule has 0 bridgehead atoms. The summed E-state index contributed by atoms with van der Waals surface area (Å²) in [7, 11) is 1.82. The van der Waals surface area contributed by atoms with Crippen molar-refractivity contribution >= 4 is 5.96 Å². The van der Waals surface area contributed by atoms with Crippen LogP contribution in [0.5, 0.6) is 5.75 Å². The molecule has 2 aliphatic heterocycles. The quantitative estimate of drug-likeness (QED) is 0.345. The molecular formula is C23H38N4O3. The Morgan fingerprint density at radius 2 is 2.03 bits per heavy atom. The smallest absolute Gasteiger partial charge is 0.191 e. The summed E-state index contributed by atoms with van der Waals surface area (Å²) in [4.78, 5) is 6.84. The number of benzene rings is 1. The van der Waals surface area contributed by atoms with Gasteiger partial charge in [0.25, 0.3) is 0 Å². The zero-order valence-corrected chi connectivity index (χ0v) is 18.6. The number of nitrogens with zero attached hydrogens (tertiary/aromatic N) is 2. The third-order valence-corrected chi connectivity index (χ3v) is 5.69. The van der Waals surface area contributed by atoms with Crippen molar-refractivity contribution in [2.24, 2.45) is 10.9 Å². The van der Waals surface area contributed by atoms with Gasteiger partial charge in [-0.05, 0) is 44.4 Å². The van der Waals surface area contributed by atoms with Crippen molar-refractivity contribution in [3.8, 4) is 5.75 Å². The largest absolute Gasteiger partial charge is 0.493 e. The van der Waals surface area contributed by atoms with Crippen LogP contribution in [-0.2, 0) is 16.0 Å². The number of rotatable bonds is 10. The van der Waals surface area contributed by atoms with Crippen LogP contribution in [0, 0.1) is 12.8 Å². The van der Waals surface area contributed by atoms with Crippen molar-refractivity contribution in [1.29, 1.82) is 0 Å². The van der Waals surface area contributed by atoms with Gasteiger partial charge in [-0.3, -0.25) is 9.89 Å². The Hall–Kier alpha value is -1.83. The average Bonchev–Trinajstić information content (AvgIpc) is 3.29. The van der Waals surface area contributed by atoms with E-state index in [0.717, 1.165) is 82.7 Å². The van der Waals surface area contributed by atoms with E-state index >= 15 is 0 Å². The fourth-order valence-electron chi connectivity index (χ4n) is 3.76. The Kier molecular flexibility index (Phi) is 9.73. The molecule has 7 heteroatoms. The van der Waals surface area contributed by atoms with E-state index in [-0.39, 0.29) is 0 Å². The SMILES string of the molecule is CN=C(NCCCCN1CCOCC1)NCc1ccc(C)cc1OCC1CCOC1. The van der Waals surface area contributed by atoms with E-state index in [4.69, 9.17) is 14.2 Å². The van der Waals surface area contributed by atoms with Gasteiger partial charge in [-0.25, -0.2) is 0 Å². The molecule has 0 amide bonds. The van der Waals surface area contributed by atoms with Gasteiger partial charge in [0.1, 0.15) is 5.75 Å². The van der Waals surface area contributed by atoms with Gasteiger partial charge < -0.3 is 24.8 Å². The van der Waals surface area contributed by atoms with Gasteiger partial charge in [0.15, 0.2) is 5.96 Å². The Balaban J connectivity index is 1.38. The molecule has 7 nitrogen and oxygen atoms in total. The summed E-state index contributed by atoms with van der Waals surface area (Å²) in [6, 6.07) is 6.39. The molecule has 0 saturated carbocycles. The number of nitrogens with one attached hydrogen (secondary N) is 2. The highest BCUT2D eigenvalue weighted by Crippen LogP contribution is 2.22. The van der Waals surface area contributed by atoms with Crippen molar-refractivity contribution in [3.05, 3.63) is 29.3 Å². The second-order valence-corrected chi connectivity index (χ2v) is 8.17. The molecule has 1 atom stereocenters. The van der Waals surface area contributed by atoms with Crippen molar-refractivity contribution in [2.75, 3.05) is 66.3 Å². The summed E-state index contributed by atoms with van der Waals surface area (Å²) in [5.74, 6) is 2.28. The van der Waals surface area contributed by atoms with Gasteiger partial charge in [-0.2, -0.15) is 0 Å². The fraction of sp³-hybridized carbons (Fsp3) is 0.696. The van der Waals surface area contributed by atoms with Crippen LogP contribution in [0.25, 0.3) is 0 Å². The van der Waals surface area contributed by atoms with E-state index in [0.29, 0.717) is 19.1 Å². The molecule has 1 aromatic rings. The van der Waals surface area contributed by atoms with Crippen LogP contribution < -0.4 is 15.4 Å². The van der Waals surface area contributed by atoms with Gasteiger partial charge in [0, 0.05) is 51.3 Å². The number of aryl methyl sites for hydroxylation is 1. The maximum absolute atomic E-state index is 6.14. The second kappa shape index (κ2) is 12.8. The van der Waals surface area contributed by atoms with E-state index in [1.54, 1.807) is 0 Å². The molecule has 2 aliphatic rings. The average molecular weight is 419 g/mol. The Labute approximate surface area is 181 Å². The first kappa shape index (κ1) is 22.8. The topological polar surface area (TPSA) is 67.4 Å². The Morgan fingerprint density at radius 3 is 2.80 bits per heavy atom.